The summed E-state index contributed by atoms with van der Waals surface area (Å²) in [5.41, 5.74) is -1.42. The maximum absolute atomic E-state index is 13.4. The summed E-state index contributed by atoms with van der Waals surface area (Å²) in [7, 11) is 0. The van der Waals surface area contributed by atoms with Crippen molar-refractivity contribution in [3.8, 4) is 5.69 Å². The second kappa shape index (κ2) is 12.7. The molecule has 0 saturated carbocycles. The number of benzene rings is 3. The molecule has 0 bridgehead atoms. The van der Waals surface area contributed by atoms with Crippen LogP contribution in [-0.2, 0) is 29.1 Å². The zero-order chi connectivity index (χ0) is 33.2. The minimum absolute atomic E-state index is 0.0337. The summed E-state index contributed by atoms with van der Waals surface area (Å²) < 4.78 is 82.0. The van der Waals surface area contributed by atoms with E-state index in [0.29, 0.717) is 34.9 Å². The van der Waals surface area contributed by atoms with Crippen LogP contribution in [0.5, 0.6) is 0 Å². The van der Waals surface area contributed by atoms with Crippen molar-refractivity contribution < 1.29 is 35.9 Å². The molecule has 4 aromatic rings. The molecule has 3 aromatic carbocycles. The highest BCUT2D eigenvalue weighted by Gasteiger charge is 2.37. The van der Waals surface area contributed by atoms with Crippen LogP contribution >= 0.6 is 0 Å². The van der Waals surface area contributed by atoms with Crippen molar-refractivity contribution in [2.75, 3.05) is 17.2 Å². The first kappa shape index (κ1) is 33.1. The zero-order valence-electron chi connectivity index (χ0n) is 24.8. The first-order valence-electron chi connectivity index (χ1n) is 13.8. The Bertz CT molecular complexity index is 1640. The molecule has 0 spiro atoms. The normalized spacial score (nSPS) is 12.1. The number of halogens is 6. The number of amides is 3. The molecule has 7 nitrogen and oxygen atoms in total. The highest BCUT2D eigenvalue weighted by Crippen LogP contribution is 2.37. The number of nitrogens with zero attached hydrogens (tertiary/aromatic N) is 3. The Kier molecular flexibility index (Phi) is 9.31. The van der Waals surface area contributed by atoms with Crippen LogP contribution in [-0.4, -0.2) is 33.2 Å². The Hall–Kier alpha value is -4.81. The molecule has 3 amide bonds. The number of alkyl halides is 6. The third kappa shape index (κ3) is 8.64. The summed E-state index contributed by atoms with van der Waals surface area (Å²) in [6, 6.07) is 17.2. The quantitative estimate of drug-likeness (QED) is 0.202. The average Bonchev–Trinajstić information content (AvgIpc) is 3.36. The fraction of sp³-hybridized carbons (Fsp3) is 0.281. The van der Waals surface area contributed by atoms with Gasteiger partial charge in [-0.1, -0.05) is 63.2 Å². The van der Waals surface area contributed by atoms with Crippen LogP contribution in [0.3, 0.4) is 0 Å². The van der Waals surface area contributed by atoms with Gasteiger partial charge in [0, 0.05) is 23.7 Å². The average molecular weight is 632 g/mol. The van der Waals surface area contributed by atoms with Gasteiger partial charge < -0.3 is 15.5 Å². The van der Waals surface area contributed by atoms with Gasteiger partial charge in [-0.2, -0.15) is 31.4 Å². The summed E-state index contributed by atoms with van der Waals surface area (Å²) in [4.78, 5) is 27.7. The van der Waals surface area contributed by atoms with Gasteiger partial charge in [0.2, 0.25) is 5.91 Å². The summed E-state index contributed by atoms with van der Waals surface area (Å²) in [5.74, 6) is -0.362. The Morgan fingerprint density at radius 2 is 1.42 bits per heavy atom. The molecule has 45 heavy (non-hydrogen) atoms. The van der Waals surface area contributed by atoms with Crippen molar-refractivity contribution in [2.24, 2.45) is 0 Å². The highest BCUT2D eigenvalue weighted by molar-refractivity contribution is 5.97. The van der Waals surface area contributed by atoms with E-state index in [9.17, 15) is 35.9 Å². The number of carbonyl (C=O) groups is 2. The monoisotopic (exact) mass is 631 g/mol. The van der Waals surface area contributed by atoms with Crippen LogP contribution in [0, 0.1) is 6.92 Å². The fourth-order valence-corrected chi connectivity index (χ4v) is 4.38. The summed E-state index contributed by atoms with van der Waals surface area (Å²) >= 11 is 0. The van der Waals surface area contributed by atoms with E-state index in [-0.39, 0.29) is 18.0 Å². The van der Waals surface area contributed by atoms with Crippen LogP contribution in [0.15, 0.2) is 78.9 Å². The Morgan fingerprint density at radius 3 is 1.98 bits per heavy atom. The zero-order valence-corrected chi connectivity index (χ0v) is 24.8. The van der Waals surface area contributed by atoms with Crippen molar-refractivity contribution >= 4 is 23.4 Å². The lowest BCUT2D eigenvalue weighted by Gasteiger charge is -2.23. The van der Waals surface area contributed by atoms with Crippen LogP contribution < -0.4 is 10.6 Å². The summed E-state index contributed by atoms with van der Waals surface area (Å²) in [5, 5.41) is 9.53. The second-order valence-electron chi connectivity index (χ2n) is 11.5. The predicted octanol–water partition coefficient (Wildman–Crippen LogP) is 8.19. The third-order valence-corrected chi connectivity index (χ3v) is 6.67. The van der Waals surface area contributed by atoms with Gasteiger partial charge in [-0.25, -0.2) is 9.48 Å². The summed E-state index contributed by atoms with van der Waals surface area (Å²) in [6.45, 7) is 6.99. The maximum Gasteiger partial charge on any atom is 0.416 e. The SMILES string of the molecule is Cc1cccc(-n2nc(C(C)(C)C)cc2NC(=O)CN(Cc2ccccc2)C(=O)Nc2cc(C(F)(F)F)cc(C(F)(F)F)c2)c1. The van der Waals surface area contributed by atoms with E-state index < -0.39 is 47.6 Å². The lowest BCUT2D eigenvalue weighted by molar-refractivity contribution is -0.143. The molecule has 1 heterocycles. The van der Waals surface area contributed by atoms with Crippen molar-refractivity contribution in [3.63, 3.8) is 0 Å². The lowest BCUT2D eigenvalue weighted by Crippen LogP contribution is -2.40. The van der Waals surface area contributed by atoms with E-state index in [2.05, 4.69) is 15.7 Å². The Balaban J connectivity index is 1.64. The predicted molar refractivity (Wildman–Crippen MR) is 158 cm³/mol. The van der Waals surface area contributed by atoms with E-state index >= 15 is 0 Å². The van der Waals surface area contributed by atoms with E-state index in [1.54, 1.807) is 41.1 Å². The molecule has 0 aliphatic heterocycles. The minimum atomic E-state index is -5.10. The maximum atomic E-state index is 13.4. The van der Waals surface area contributed by atoms with Crippen LogP contribution in [0.2, 0.25) is 0 Å². The number of nitrogens with one attached hydrogen (secondary N) is 2. The van der Waals surface area contributed by atoms with Gasteiger partial charge in [0.25, 0.3) is 0 Å². The molecule has 0 fully saturated rings. The van der Waals surface area contributed by atoms with E-state index in [0.717, 1.165) is 10.5 Å². The number of aryl methyl sites for hydroxylation is 1. The number of hydrogen-bond donors (Lipinski definition) is 2. The smallest absolute Gasteiger partial charge is 0.311 e. The van der Waals surface area contributed by atoms with Crippen LogP contribution in [0.25, 0.3) is 5.69 Å². The third-order valence-electron chi connectivity index (χ3n) is 6.67. The standard InChI is InChI=1S/C32H31F6N5O2/c1-20-9-8-12-25(13-20)43-27(17-26(41-43)30(2,3)4)40-28(44)19-42(18-21-10-6-5-7-11-21)29(45)39-24-15-22(31(33,34)35)14-23(16-24)32(36,37)38/h5-17H,18-19H2,1-4H3,(H,39,45)(H,40,44). The van der Waals surface area contributed by atoms with Gasteiger partial charge in [0.15, 0.2) is 0 Å². The van der Waals surface area contributed by atoms with E-state index in [1.807, 2.05) is 52.0 Å². The van der Waals surface area contributed by atoms with Gasteiger partial charge in [-0.05, 0) is 48.4 Å². The fourth-order valence-electron chi connectivity index (χ4n) is 4.38. The molecule has 0 aliphatic rings. The second-order valence-corrected chi connectivity index (χ2v) is 11.5. The molecular weight excluding hydrogens is 600 g/mol. The lowest BCUT2D eigenvalue weighted by atomic mass is 9.92. The largest absolute Gasteiger partial charge is 0.416 e. The van der Waals surface area contributed by atoms with Crippen molar-refractivity contribution in [3.05, 3.63) is 107 Å². The van der Waals surface area contributed by atoms with Gasteiger partial charge in [-0.15, -0.1) is 0 Å². The van der Waals surface area contributed by atoms with Gasteiger partial charge in [0.05, 0.1) is 22.5 Å². The van der Waals surface area contributed by atoms with Crippen molar-refractivity contribution in [2.45, 2.75) is 52.0 Å². The van der Waals surface area contributed by atoms with Gasteiger partial charge in [0.1, 0.15) is 12.4 Å². The van der Waals surface area contributed by atoms with Crippen molar-refractivity contribution in [1.29, 1.82) is 0 Å². The van der Waals surface area contributed by atoms with E-state index in [1.165, 1.54) is 0 Å². The molecule has 13 heteroatoms. The van der Waals surface area contributed by atoms with Crippen LogP contribution in [0.1, 0.15) is 48.7 Å². The molecule has 4 rings (SSSR count). The Labute approximate surface area is 255 Å². The first-order chi connectivity index (χ1) is 20.9. The molecular formula is C32H31F6N5O2. The number of aromatic nitrogens is 2. The van der Waals surface area contributed by atoms with Gasteiger partial charge >= 0.3 is 18.4 Å². The molecule has 0 atom stereocenters. The molecule has 0 unspecified atom stereocenters. The van der Waals surface area contributed by atoms with Crippen molar-refractivity contribution in [1.82, 2.24) is 14.7 Å². The first-order valence-corrected chi connectivity index (χ1v) is 13.8. The van der Waals surface area contributed by atoms with E-state index in [4.69, 9.17) is 0 Å². The van der Waals surface area contributed by atoms with Gasteiger partial charge in [-0.3, -0.25) is 4.79 Å². The molecule has 0 saturated heterocycles. The molecule has 238 valence electrons. The topological polar surface area (TPSA) is 79.3 Å². The number of urea groups is 1. The molecule has 0 radical (unpaired) electrons. The number of carbonyl (C=O) groups excluding carboxylic acids is 2. The molecule has 0 aliphatic carbocycles. The summed E-state index contributed by atoms with van der Waals surface area (Å²) in [6.07, 6.45) is -10.2. The molecule has 1 aromatic heterocycles. The van der Waals surface area contributed by atoms with Crippen LogP contribution in [0.4, 0.5) is 42.6 Å². The number of anilines is 2. The number of rotatable bonds is 7. The Morgan fingerprint density at radius 1 is 0.800 bits per heavy atom. The number of hydrogen-bond acceptors (Lipinski definition) is 3. The minimum Gasteiger partial charge on any atom is -0.311 e. The molecule has 2 N–H and O–H groups in total. The highest BCUT2D eigenvalue weighted by atomic mass is 19.4.